The summed E-state index contributed by atoms with van der Waals surface area (Å²) < 4.78 is 10.6. The highest BCUT2D eigenvalue weighted by atomic mass is 16.5. The third kappa shape index (κ3) is 2.59. The number of carbonyl (C=O) groups is 1. The minimum absolute atomic E-state index is 0.158. The fraction of sp³-hybridized carbons (Fsp3) is 0.533. The second-order valence-corrected chi connectivity index (χ2v) is 5.40. The van der Waals surface area contributed by atoms with Crippen molar-refractivity contribution < 1.29 is 19.4 Å². The number of aryl methyl sites for hydroxylation is 1. The van der Waals surface area contributed by atoms with Gasteiger partial charge in [-0.05, 0) is 30.5 Å². The van der Waals surface area contributed by atoms with E-state index >= 15 is 0 Å². The first-order chi connectivity index (χ1) is 8.98. The molecule has 1 aliphatic heterocycles. The Labute approximate surface area is 113 Å². The number of benzene rings is 1. The molecular formula is C15H20O4. The molecule has 1 saturated heterocycles. The zero-order valence-electron chi connectivity index (χ0n) is 11.6. The summed E-state index contributed by atoms with van der Waals surface area (Å²) >= 11 is 0. The first-order valence-electron chi connectivity index (χ1n) is 6.44. The number of carboxylic acids is 1. The van der Waals surface area contributed by atoms with Gasteiger partial charge in [-0.15, -0.1) is 0 Å². The molecule has 0 bridgehead atoms. The van der Waals surface area contributed by atoms with Gasteiger partial charge in [-0.2, -0.15) is 0 Å². The van der Waals surface area contributed by atoms with Gasteiger partial charge in [0, 0.05) is 5.41 Å². The molecule has 0 spiro atoms. The van der Waals surface area contributed by atoms with Gasteiger partial charge in [0.2, 0.25) is 0 Å². The molecule has 1 aromatic carbocycles. The van der Waals surface area contributed by atoms with E-state index in [9.17, 15) is 4.79 Å². The average molecular weight is 264 g/mol. The van der Waals surface area contributed by atoms with Crippen LogP contribution in [-0.4, -0.2) is 31.4 Å². The summed E-state index contributed by atoms with van der Waals surface area (Å²) in [5.41, 5.74) is 2.05. The largest absolute Gasteiger partial charge is 0.496 e. The van der Waals surface area contributed by atoms with E-state index in [0.29, 0.717) is 19.6 Å². The third-order valence-corrected chi connectivity index (χ3v) is 3.88. The monoisotopic (exact) mass is 264 g/mol. The molecule has 0 aromatic heterocycles. The van der Waals surface area contributed by atoms with Gasteiger partial charge in [-0.1, -0.05) is 19.1 Å². The van der Waals surface area contributed by atoms with Crippen LogP contribution in [0, 0.1) is 12.8 Å². The van der Waals surface area contributed by atoms with Crippen LogP contribution in [0.25, 0.3) is 0 Å². The van der Waals surface area contributed by atoms with E-state index < -0.39 is 5.97 Å². The molecule has 1 aliphatic rings. The van der Waals surface area contributed by atoms with Crippen molar-refractivity contribution in [1.29, 1.82) is 0 Å². The normalized spacial score (nSPS) is 18.5. The first-order valence-corrected chi connectivity index (χ1v) is 6.44. The van der Waals surface area contributed by atoms with Crippen molar-refractivity contribution >= 4 is 5.97 Å². The highest BCUT2D eigenvalue weighted by Gasteiger charge is 2.42. The summed E-state index contributed by atoms with van der Waals surface area (Å²) in [6.45, 7) is 4.93. The first kappa shape index (κ1) is 13.9. The smallest absolute Gasteiger partial charge is 0.306 e. The second-order valence-electron chi connectivity index (χ2n) is 5.40. The summed E-state index contributed by atoms with van der Waals surface area (Å²) in [5, 5.41) is 9.09. The molecule has 1 N–H and O–H groups in total. The average Bonchev–Trinajstić information content (AvgIpc) is 2.33. The van der Waals surface area contributed by atoms with Crippen LogP contribution in [0.3, 0.4) is 0 Å². The number of hydrogen-bond acceptors (Lipinski definition) is 3. The molecule has 1 fully saturated rings. The van der Waals surface area contributed by atoms with Crippen LogP contribution in [0.15, 0.2) is 18.2 Å². The maximum atomic E-state index is 11.1. The van der Waals surface area contributed by atoms with Gasteiger partial charge in [-0.3, -0.25) is 4.79 Å². The predicted octanol–water partition coefficient (Wildman–Crippen LogP) is 2.38. The predicted molar refractivity (Wildman–Crippen MR) is 71.6 cm³/mol. The van der Waals surface area contributed by atoms with Gasteiger partial charge in [-0.25, -0.2) is 0 Å². The number of rotatable bonds is 5. The molecule has 1 aromatic rings. The molecule has 4 heteroatoms. The second kappa shape index (κ2) is 5.21. The zero-order valence-corrected chi connectivity index (χ0v) is 11.6. The SMILES string of the molecule is COc1ccc(C2(CC(C)C(=O)O)COC2)cc1C. The minimum Gasteiger partial charge on any atom is -0.496 e. The Morgan fingerprint density at radius 3 is 2.63 bits per heavy atom. The van der Waals surface area contributed by atoms with Crippen LogP contribution in [0.1, 0.15) is 24.5 Å². The molecule has 0 amide bonds. The molecular weight excluding hydrogens is 244 g/mol. The molecule has 1 unspecified atom stereocenters. The maximum Gasteiger partial charge on any atom is 0.306 e. The van der Waals surface area contributed by atoms with Crippen molar-refractivity contribution in [3.63, 3.8) is 0 Å². The molecule has 0 saturated carbocycles. The van der Waals surface area contributed by atoms with Crippen molar-refractivity contribution in [2.75, 3.05) is 20.3 Å². The van der Waals surface area contributed by atoms with E-state index in [2.05, 4.69) is 6.07 Å². The molecule has 2 rings (SSSR count). The summed E-state index contributed by atoms with van der Waals surface area (Å²) in [6.07, 6.45) is 0.605. The number of aliphatic carboxylic acids is 1. The summed E-state index contributed by atoms with van der Waals surface area (Å²) in [6, 6.07) is 6.04. The fourth-order valence-electron chi connectivity index (χ4n) is 2.63. The Balaban J connectivity index is 2.26. The molecule has 0 aliphatic carbocycles. The van der Waals surface area contributed by atoms with Crippen molar-refractivity contribution in [3.8, 4) is 5.75 Å². The lowest BCUT2D eigenvalue weighted by atomic mass is 9.72. The summed E-state index contributed by atoms with van der Waals surface area (Å²) in [4.78, 5) is 11.1. The van der Waals surface area contributed by atoms with Crippen LogP contribution in [0.2, 0.25) is 0 Å². The van der Waals surface area contributed by atoms with E-state index in [1.54, 1.807) is 14.0 Å². The van der Waals surface area contributed by atoms with Gasteiger partial charge in [0.15, 0.2) is 0 Å². The van der Waals surface area contributed by atoms with E-state index in [0.717, 1.165) is 16.9 Å². The summed E-state index contributed by atoms with van der Waals surface area (Å²) in [7, 11) is 1.65. The lowest BCUT2D eigenvalue weighted by Gasteiger charge is -2.43. The molecule has 0 radical (unpaired) electrons. The van der Waals surface area contributed by atoms with Crippen LogP contribution in [-0.2, 0) is 14.9 Å². The highest BCUT2D eigenvalue weighted by molar-refractivity contribution is 5.69. The maximum absolute atomic E-state index is 11.1. The van der Waals surface area contributed by atoms with Crippen LogP contribution in [0.5, 0.6) is 5.75 Å². The Morgan fingerprint density at radius 1 is 1.53 bits per heavy atom. The van der Waals surface area contributed by atoms with Gasteiger partial charge >= 0.3 is 5.97 Å². The molecule has 4 nitrogen and oxygen atoms in total. The summed E-state index contributed by atoms with van der Waals surface area (Å²) in [5.74, 6) is -0.270. The number of hydrogen-bond donors (Lipinski definition) is 1. The van der Waals surface area contributed by atoms with Gasteiger partial charge in [0.25, 0.3) is 0 Å². The number of carboxylic acid groups (broad SMARTS) is 1. The van der Waals surface area contributed by atoms with E-state index in [1.165, 1.54) is 0 Å². The molecule has 1 atom stereocenters. The number of ether oxygens (including phenoxy) is 2. The van der Waals surface area contributed by atoms with Gasteiger partial charge < -0.3 is 14.6 Å². The van der Waals surface area contributed by atoms with Crippen molar-refractivity contribution in [2.24, 2.45) is 5.92 Å². The van der Waals surface area contributed by atoms with Crippen LogP contribution >= 0.6 is 0 Å². The number of methoxy groups -OCH3 is 1. The van der Waals surface area contributed by atoms with Crippen LogP contribution < -0.4 is 4.74 Å². The Hall–Kier alpha value is -1.55. The van der Waals surface area contributed by atoms with E-state index in [1.807, 2.05) is 19.1 Å². The molecule has 19 heavy (non-hydrogen) atoms. The lowest BCUT2D eigenvalue weighted by molar-refractivity contribution is -0.144. The lowest BCUT2D eigenvalue weighted by Crippen LogP contribution is -2.48. The fourth-order valence-corrected chi connectivity index (χ4v) is 2.63. The molecule has 104 valence electrons. The van der Waals surface area contributed by atoms with E-state index in [-0.39, 0.29) is 11.3 Å². The van der Waals surface area contributed by atoms with Crippen molar-refractivity contribution in [3.05, 3.63) is 29.3 Å². The Kier molecular flexibility index (Phi) is 3.80. The van der Waals surface area contributed by atoms with Gasteiger partial charge in [0.1, 0.15) is 5.75 Å². The van der Waals surface area contributed by atoms with Crippen molar-refractivity contribution in [1.82, 2.24) is 0 Å². The minimum atomic E-state index is -0.753. The quantitative estimate of drug-likeness (QED) is 0.887. The topological polar surface area (TPSA) is 55.8 Å². The Bertz CT molecular complexity index is 477. The highest BCUT2D eigenvalue weighted by Crippen LogP contribution is 2.39. The standard InChI is InChI=1S/C15H20O4/c1-10-6-12(4-5-13(10)18-3)15(8-19-9-15)7-11(2)14(16)17/h4-6,11H,7-9H2,1-3H3,(H,16,17). The van der Waals surface area contributed by atoms with Gasteiger partial charge in [0.05, 0.1) is 26.2 Å². The Morgan fingerprint density at radius 2 is 2.21 bits per heavy atom. The third-order valence-electron chi connectivity index (χ3n) is 3.88. The van der Waals surface area contributed by atoms with E-state index in [4.69, 9.17) is 14.6 Å². The molecule has 1 heterocycles. The zero-order chi connectivity index (χ0) is 14.0. The van der Waals surface area contributed by atoms with Crippen LogP contribution in [0.4, 0.5) is 0 Å². The van der Waals surface area contributed by atoms with Crippen molar-refractivity contribution in [2.45, 2.75) is 25.7 Å².